The van der Waals surface area contributed by atoms with Crippen LogP contribution in [0.5, 0.6) is 0 Å². The van der Waals surface area contributed by atoms with E-state index in [1.54, 1.807) is 0 Å². The second kappa shape index (κ2) is 6.11. The third kappa shape index (κ3) is 4.65. The van der Waals surface area contributed by atoms with Gasteiger partial charge in [0.2, 0.25) is 0 Å². The van der Waals surface area contributed by atoms with E-state index in [9.17, 15) is 4.79 Å². The molecule has 1 N–H and O–H groups in total. The monoisotopic (exact) mass is 213 g/mol. The molecule has 0 aliphatic heterocycles. The van der Waals surface area contributed by atoms with Crippen LogP contribution in [0.2, 0.25) is 0 Å². The van der Waals surface area contributed by atoms with E-state index in [1.807, 2.05) is 13.8 Å². The first-order valence-corrected chi connectivity index (χ1v) is 6.10. The number of carbonyl (C=O) groups is 1. The molecule has 0 aromatic rings. The van der Waals surface area contributed by atoms with E-state index >= 15 is 0 Å². The minimum atomic E-state index is -0.173. The number of esters is 1. The molecular weight excluding hydrogens is 190 g/mol. The molecule has 2 unspecified atom stereocenters. The highest BCUT2D eigenvalue weighted by Crippen LogP contribution is 2.34. The van der Waals surface area contributed by atoms with Crippen LogP contribution >= 0.6 is 0 Å². The summed E-state index contributed by atoms with van der Waals surface area (Å²) in [5.74, 6) is 0.767. The zero-order chi connectivity index (χ0) is 11.3. The Morgan fingerprint density at radius 1 is 1.47 bits per heavy atom. The molecule has 0 radical (unpaired) electrons. The Bertz CT molecular complexity index is 202. The maximum Gasteiger partial charge on any atom is 0.322 e. The van der Waals surface area contributed by atoms with Gasteiger partial charge < -0.3 is 10.1 Å². The highest BCUT2D eigenvalue weighted by molar-refractivity contribution is 5.75. The van der Waals surface area contributed by atoms with Gasteiger partial charge in [0.25, 0.3) is 0 Å². The molecular formula is C12H23NO2. The average molecular weight is 213 g/mol. The molecule has 15 heavy (non-hydrogen) atoms. The summed E-state index contributed by atoms with van der Waals surface area (Å²) in [5.41, 5.74) is 0. The van der Waals surface area contributed by atoms with Crippen LogP contribution in [0, 0.1) is 5.92 Å². The maximum atomic E-state index is 11.4. The highest BCUT2D eigenvalue weighted by atomic mass is 16.5. The van der Waals surface area contributed by atoms with Crippen LogP contribution in [0.3, 0.4) is 0 Å². The zero-order valence-electron chi connectivity index (χ0n) is 10.1. The van der Waals surface area contributed by atoms with Gasteiger partial charge in [0.05, 0.1) is 6.61 Å². The third-order valence-corrected chi connectivity index (χ3v) is 2.93. The van der Waals surface area contributed by atoms with Gasteiger partial charge in [-0.25, -0.2) is 0 Å². The Labute approximate surface area is 92.6 Å². The predicted molar refractivity (Wildman–Crippen MR) is 60.7 cm³/mol. The fourth-order valence-corrected chi connectivity index (χ4v) is 1.80. The molecule has 1 saturated carbocycles. The summed E-state index contributed by atoms with van der Waals surface area (Å²) in [6, 6.07) is 0.297. The molecule has 0 saturated heterocycles. The molecule has 3 heteroatoms. The van der Waals surface area contributed by atoms with Gasteiger partial charge >= 0.3 is 5.97 Å². The molecule has 2 atom stereocenters. The first-order chi connectivity index (χ1) is 7.17. The lowest BCUT2D eigenvalue weighted by Crippen LogP contribution is -2.42. The topological polar surface area (TPSA) is 38.3 Å². The Kier molecular flexibility index (Phi) is 5.09. The summed E-state index contributed by atoms with van der Waals surface area (Å²) in [5, 5.41) is 3.35. The van der Waals surface area contributed by atoms with Gasteiger partial charge in [-0.3, -0.25) is 4.79 Å². The summed E-state index contributed by atoms with van der Waals surface area (Å²) < 4.78 is 4.97. The number of hydrogen-bond donors (Lipinski definition) is 1. The summed E-state index contributed by atoms with van der Waals surface area (Å²) in [7, 11) is 0. The van der Waals surface area contributed by atoms with Crippen LogP contribution in [0.4, 0.5) is 0 Å². The van der Waals surface area contributed by atoms with E-state index in [2.05, 4.69) is 12.2 Å². The lowest BCUT2D eigenvalue weighted by molar-refractivity contribution is -0.145. The van der Waals surface area contributed by atoms with Crippen molar-refractivity contribution < 1.29 is 9.53 Å². The minimum absolute atomic E-state index is 0.133. The van der Waals surface area contributed by atoms with Crippen molar-refractivity contribution in [3.8, 4) is 0 Å². The third-order valence-electron chi connectivity index (χ3n) is 2.93. The Morgan fingerprint density at radius 3 is 2.60 bits per heavy atom. The molecule has 0 spiro atoms. The van der Waals surface area contributed by atoms with E-state index in [0.717, 1.165) is 12.3 Å². The van der Waals surface area contributed by atoms with Gasteiger partial charge in [-0.15, -0.1) is 0 Å². The quantitative estimate of drug-likeness (QED) is 0.658. The summed E-state index contributed by atoms with van der Waals surface area (Å²) >= 11 is 0. The zero-order valence-corrected chi connectivity index (χ0v) is 10.1. The molecule has 0 aromatic heterocycles. The molecule has 1 rings (SSSR count). The van der Waals surface area contributed by atoms with E-state index in [0.29, 0.717) is 12.6 Å². The lowest BCUT2D eigenvalue weighted by Gasteiger charge is -2.20. The van der Waals surface area contributed by atoms with Crippen molar-refractivity contribution in [1.29, 1.82) is 0 Å². The minimum Gasteiger partial charge on any atom is -0.465 e. The summed E-state index contributed by atoms with van der Waals surface area (Å²) in [6.45, 7) is 6.35. The van der Waals surface area contributed by atoms with Crippen LogP contribution < -0.4 is 5.32 Å². The largest absolute Gasteiger partial charge is 0.465 e. The van der Waals surface area contributed by atoms with Gasteiger partial charge in [0.15, 0.2) is 0 Å². The summed E-state index contributed by atoms with van der Waals surface area (Å²) in [4.78, 5) is 11.4. The first-order valence-electron chi connectivity index (χ1n) is 6.10. The number of ether oxygens (including phenoxy) is 1. The fourth-order valence-electron chi connectivity index (χ4n) is 1.80. The maximum absolute atomic E-state index is 11.4. The van der Waals surface area contributed by atoms with Crippen molar-refractivity contribution in [3.05, 3.63) is 0 Å². The van der Waals surface area contributed by atoms with Gasteiger partial charge in [0, 0.05) is 6.04 Å². The van der Waals surface area contributed by atoms with Gasteiger partial charge in [-0.2, -0.15) is 0 Å². The number of carbonyl (C=O) groups excluding carboxylic acids is 1. The van der Waals surface area contributed by atoms with Crippen molar-refractivity contribution in [2.24, 2.45) is 5.92 Å². The van der Waals surface area contributed by atoms with Crippen LogP contribution in [0.15, 0.2) is 0 Å². The van der Waals surface area contributed by atoms with E-state index in [-0.39, 0.29) is 12.0 Å². The second-order valence-corrected chi connectivity index (χ2v) is 4.42. The van der Waals surface area contributed by atoms with Crippen molar-refractivity contribution in [2.45, 2.75) is 58.5 Å². The van der Waals surface area contributed by atoms with Crippen LogP contribution in [-0.2, 0) is 9.53 Å². The molecule has 3 nitrogen and oxygen atoms in total. The SMILES string of the molecule is CCOC(=O)C(C)NC(CC)CC1CC1. The van der Waals surface area contributed by atoms with Crippen molar-refractivity contribution >= 4 is 5.97 Å². The highest BCUT2D eigenvalue weighted by Gasteiger charge is 2.26. The van der Waals surface area contributed by atoms with Crippen LogP contribution in [0.1, 0.15) is 46.5 Å². The van der Waals surface area contributed by atoms with Crippen molar-refractivity contribution in [1.82, 2.24) is 5.32 Å². The Hall–Kier alpha value is -0.570. The van der Waals surface area contributed by atoms with Crippen LogP contribution in [0.25, 0.3) is 0 Å². The Balaban J connectivity index is 2.25. The lowest BCUT2D eigenvalue weighted by atomic mass is 10.1. The normalized spacial score (nSPS) is 19.7. The second-order valence-electron chi connectivity index (χ2n) is 4.42. The molecule has 88 valence electrons. The van der Waals surface area contributed by atoms with E-state index in [1.165, 1.54) is 19.3 Å². The molecule has 0 aromatic carbocycles. The van der Waals surface area contributed by atoms with Crippen LogP contribution in [-0.4, -0.2) is 24.7 Å². The number of hydrogen-bond acceptors (Lipinski definition) is 3. The molecule has 1 fully saturated rings. The van der Waals surface area contributed by atoms with E-state index < -0.39 is 0 Å². The molecule has 0 heterocycles. The van der Waals surface area contributed by atoms with Gasteiger partial charge in [-0.05, 0) is 32.6 Å². The number of nitrogens with one attached hydrogen (secondary N) is 1. The summed E-state index contributed by atoms with van der Waals surface area (Å²) in [6.07, 6.45) is 5.03. The van der Waals surface area contributed by atoms with Crippen molar-refractivity contribution in [2.75, 3.05) is 6.61 Å². The fraction of sp³-hybridized carbons (Fsp3) is 0.917. The van der Waals surface area contributed by atoms with Gasteiger partial charge in [-0.1, -0.05) is 19.8 Å². The average Bonchev–Trinajstić information content (AvgIpc) is 3.00. The first kappa shape index (κ1) is 12.5. The number of rotatable bonds is 7. The molecule has 1 aliphatic rings. The molecule has 0 bridgehead atoms. The molecule has 0 amide bonds. The van der Waals surface area contributed by atoms with E-state index in [4.69, 9.17) is 4.74 Å². The standard InChI is InChI=1S/C12H23NO2/c1-4-11(8-10-6-7-10)13-9(3)12(14)15-5-2/h9-11,13H,4-8H2,1-3H3. The predicted octanol–water partition coefficient (Wildman–Crippen LogP) is 2.11. The molecule has 1 aliphatic carbocycles. The van der Waals surface area contributed by atoms with Crippen molar-refractivity contribution in [3.63, 3.8) is 0 Å². The Morgan fingerprint density at radius 2 is 2.13 bits per heavy atom. The van der Waals surface area contributed by atoms with Gasteiger partial charge in [0.1, 0.15) is 6.04 Å². The smallest absolute Gasteiger partial charge is 0.322 e.